The predicted molar refractivity (Wildman–Crippen MR) is 133 cm³/mol. The van der Waals surface area contributed by atoms with Gasteiger partial charge < -0.3 is 4.74 Å². The van der Waals surface area contributed by atoms with E-state index in [1.54, 1.807) is 31.2 Å². The minimum absolute atomic E-state index is 0.0573. The molecule has 0 aromatic heterocycles. The maximum Gasteiger partial charge on any atom is 0.200 e. The van der Waals surface area contributed by atoms with Crippen LogP contribution < -0.4 is 4.74 Å². The van der Waals surface area contributed by atoms with E-state index in [9.17, 15) is 17.6 Å². The van der Waals surface area contributed by atoms with Crippen molar-refractivity contribution < 1.29 is 22.3 Å². The van der Waals surface area contributed by atoms with Gasteiger partial charge >= 0.3 is 0 Å². The summed E-state index contributed by atoms with van der Waals surface area (Å²) >= 11 is 0. The molecule has 0 radical (unpaired) electrons. The van der Waals surface area contributed by atoms with Crippen molar-refractivity contribution in [2.45, 2.75) is 70.1 Å². The van der Waals surface area contributed by atoms with Gasteiger partial charge in [0.1, 0.15) is 0 Å². The number of hydrogen-bond donors (Lipinski definition) is 0. The fraction of sp³-hybridized carbons (Fsp3) is 0.467. The van der Waals surface area contributed by atoms with Crippen LogP contribution in [0.4, 0.5) is 17.6 Å². The van der Waals surface area contributed by atoms with Crippen LogP contribution in [0.3, 0.4) is 0 Å². The summed E-state index contributed by atoms with van der Waals surface area (Å²) in [5.74, 6) is -2.67. The van der Waals surface area contributed by atoms with Crippen LogP contribution in [0.2, 0.25) is 0 Å². The summed E-state index contributed by atoms with van der Waals surface area (Å²) in [7, 11) is 0. The van der Waals surface area contributed by atoms with Crippen LogP contribution in [0.25, 0.3) is 6.08 Å². The van der Waals surface area contributed by atoms with Crippen LogP contribution in [0.1, 0.15) is 86.8 Å². The molecule has 2 saturated carbocycles. The van der Waals surface area contributed by atoms with Crippen molar-refractivity contribution in [3.63, 3.8) is 0 Å². The molecule has 2 aromatic carbocycles. The molecule has 2 aliphatic carbocycles. The van der Waals surface area contributed by atoms with Gasteiger partial charge in [-0.2, -0.15) is 4.39 Å². The average molecular weight is 487 g/mol. The average Bonchev–Trinajstić information content (AvgIpc) is 2.88. The first-order valence-corrected chi connectivity index (χ1v) is 12.8. The first-order valence-electron chi connectivity index (χ1n) is 12.8. The highest BCUT2D eigenvalue weighted by molar-refractivity contribution is 5.52. The first-order chi connectivity index (χ1) is 16.9. The van der Waals surface area contributed by atoms with Gasteiger partial charge in [-0.3, -0.25) is 0 Å². The van der Waals surface area contributed by atoms with E-state index in [0.717, 1.165) is 38.5 Å². The van der Waals surface area contributed by atoms with Gasteiger partial charge in [-0.15, -0.1) is 6.58 Å². The Kier molecular flexibility index (Phi) is 8.35. The minimum atomic E-state index is -0.930. The number of ether oxygens (including phenoxy) is 1. The second-order valence-corrected chi connectivity index (χ2v) is 9.90. The Labute approximate surface area is 205 Å². The molecule has 0 saturated heterocycles. The quantitative estimate of drug-likeness (QED) is 0.280. The van der Waals surface area contributed by atoms with Gasteiger partial charge in [0, 0.05) is 5.56 Å². The molecule has 0 unspecified atom stereocenters. The van der Waals surface area contributed by atoms with E-state index in [1.807, 2.05) is 12.2 Å². The van der Waals surface area contributed by atoms with E-state index in [1.165, 1.54) is 6.07 Å². The molecule has 4 rings (SSSR count). The zero-order valence-corrected chi connectivity index (χ0v) is 20.3. The van der Waals surface area contributed by atoms with Crippen LogP contribution in [0.5, 0.6) is 5.75 Å². The third-order valence-electron chi connectivity index (χ3n) is 7.82. The Balaban J connectivity index is 1.37. The van der Waals surface area contributed by atoms with Crippen LogP contribution >= 0.6 is 0 Å². The highest BCUT2D eigenvalue weighted by Crippen LogP contribution is 2.40. The lowest BCUT2D eigenvalue weighted by Crippen LogP contribution is -2.14. The fourth-order valence-electron chi connectivity index (χ4n) is 5.68. The van der Waals surface area contributed by atoms with Crippen LogP contribution in [-0.4, -0.2) is 6.61 Å². The molecule has 0 aliphatic heterocycles. The molecule has 2 fully saturated rings. The summed E-state index contributed by atoms with van der Waals surface area (Å²) < 4.78 is 63.7. The van der Waals surface area contributed by atoms with Gasteiger partial charge in [0.25, 0.3) is 0 Å². The molecule has 35 heavy (non-hydrogen) atoms. The molecule has 0 heterocycles. The van der Waals surface area contributed by atoms with Crippen LogP contribution in [-0.2, 0) is 0 Å². The van der Waals surface area contributed by atoms with Crippen molar-refractivity contribution >= 4 is 6.08 Å². The van der Waals surface area contributed by atoms with Crippen molar-refractivity contribution in [1.82, 2.24) is 0 Å². The Morgan fingerprint density at radius 2 is 1.29 bits per heavy atom. The van der Waals surface area contributed by atoms with E-state index in [2.05, 4.69) is 6.58 Å². The van der Waals surface area contributed by atoms with Crippen molar-refractivity contribution in [2.75, 3.05) is 6.61 Å². The predicted octanol–water partition coefficient (Wildman–Crippen LogP) is 9.09. The number of allylic oxidation sites excluding steroid dienone is 2. The van der Waals surface area contributed by atoms with Gasteiger partial charge in [0.05, 0.1) is 6.61 Å². The molecule has 0 N–H and O–H groups in total. The maximum atomic E-state index is 14.9. The molecule has 5 heteroatoms. The lowest BCUT2D eigenvalue weighted by atomic mass is 9.78. The monoisotopic (exact) mass is 486 g/mol. The number of halogens is 4. The summed E-state index contributed by atoms with van der Waals surface area (Å²) in [5.41, 5.74) is 1.12. The zero-order chi connectivity index (χ0) is 24.9. The first kappa shape index (κ1) is 25.5. The third kappa shape index (κ3) is 5.65. The highest BCUT2D eigenvalue weighted by atomic mass is 19.2. The molecular weight excluding hydrogens is 452 g/mol. The van der Waals surface area contributed by atoms with E-state index in [0.29, 0.717) is 29.9 Å². The van der Waals surface area contributed by atoms with E-state index < -0.39 is 23.3 Å². The second-order valence-electron chi connectivity index (χ2n) is 9.90. The molecule has 0 amide bonds. The SMILES string of the molecule is C=CC1CCC(c2ccc(C=CC3CCC(c4ccc(OCC)c(F)c4F)CC3)c(F)c2F)CC1. The van der Waals surface area contributed by atoms with E-state index in [-0.39, 0.29) is 35.7 Å². The topological polar surface area (TPSA) is 9.23 Å². The fourth-order valence-corrected chi connectivity index (χ4v) is 5.68. The molecule has 2 aromatic rings. The standard InChI is InChI=1S/C30H34F4O/c1-3-19-5-10-21(11-6-19)24-16-15-23(27(31)28(24)32)14-9-20-7-12-22(13-8-20)25-17-18-26(35-4-2)30(34)29(25)33/h3,9,14-22H,1,4-8,10-13H2,2H3. The molecule has 0 bridgehead atoms. The largest absolute Gasteiger partial charge is 0.491 e. The number of benzene rings is 2. The summed E-state index contributed by atoms with van der Waals surface area (Å²) in [4.78, 5) is 0. The van der Waals surface area contributed by atoms with Gasteiger partial charge in [-0.05, 0) is 99.2 Å². The minimum Gasteiger partial charge on any atom is -0.491 e. The number of hydrogen-bond acceptors (Lipinski definition) is 1. The van der Waals surface area contributed by atoms with E-state index in [4.69, 9.17) is 4.74 Å². The molecule has 188 valence electrons. The van der Waals surface area contributed by atoms with Crippen molar-refractivity contribution in [2.24, 2.45) is 11.8 Å². The Bertz CT molecular complexity index is 1060. The van der Waals surface area contributed by atoms with Crippen LogP contribution in [0.15, 0.2) is 43.0 Å². The third-order valence-corrected chi connectivity index (χ3v) is 7.82. The lowest BCUT2D eigenvalue weighted by Gasteiger charge is -2.28. The van der Waals surface area contributed by atoms with E-state index >= 15 is 0 Å². The van der Waals surface area contributed by atoms with Gasteiger partial charge in [-0.1, -0.05) is 36.4 Å². The molecule has 2 aliphatic rings. The lowest BCUT2D eigenvalue weighted by molar-refractivity contribution is 0.310. The van der Waals surface area contributed by atoms with Crippen molar-refractivity contribution in [3.8, 4) is 5.75 Å². The van der Waals surface area contributed by atoms with Gasteiger partial charge in [0.15, 0.2) is 23.2 Å². The molecule has 1 nitrogen and oxygen atoms in total. The molecule has 0 spiro atoms. The van der Waals surface area contributed by atoms with Crippen molar-refractivity contribution in [3.05, 3.63) is 83.0 Å². The van der Waals surface area contributed by atoms with Crippen LogP contribution in [0, 0.1) is 35.1 Å². The normalized spacial score (nSPS) is 25.1. The Morgan fingerprint density at radius 3 is 1.86 bits per heavy atom. The maximum absolute atomic E-state index is 14.9. The summed E-state index contributed by atoms with van der Waals surface area (Å²) in [6.45, 7) is 5.84. The molecular formula is C30H34F4O. The summed E-state index contributed by atoms with van der Waals surface area (Å²) in [6.07, 6.45) is 12.2. The summed E-state index contributed by atoms with van der Waals surface area (Å²) in [6, 6.07) is 6.52. The Hall–Kier alpha value is -2.56. The summed E-state index contributed by atoms with van der Waals surface area (Å²) in [5, 5.41) is 0. The van der Waals surface area contributed by atoms with Gasteiger partial charge in [-0.25, -0.2) is 13.2 Å². The van der Waals surface area contributed by atoms with Gasteiger partial charge in [0.2, 0.25) is 5.82 Å². The highest BCUT2D eigenvalue weighted by Gasteiger charge is 2.27. The smallest absolute Gasteiger partial charge is 0.200 e. The zero-order valence-electron chi connectivity index (χ0n) is 20.3. The second kappa shape index (κ2) is 11.5. The van der Waals surface area contributed by atoms with Crippen molar-refractivity contribution in [1.29, 1.82) is 0 Å². The Morgan fingerprint density at radius 1 is 0.743 bits per heavy atom. The number of rotatable bonds is 7. The molecule has 0 atom stereocenters.